The van der Waals surface area contributed by atoms with Crippen LogP contribution in [0.1, 0.15) is 25.8 Å². The molecule has 0 fully saturated rings. The van der Waals surface area contributed by atoms with E-state index in [0.29, 0.717) is 12.0 Å². The maximum absolute atomic E-state index is 12.2. The number of carbonyl (C=O) groups is 1. The number of aryl methyl sites for hydroxylation is 1. The van der Waals surface area contributed by atoms with Gasteiger partial charge >= 0.3 is 5.97 Å². The Hall–Kier alpha value is -1.56. The molecular formula is C13H18N2O3S. The van der Waals surface area contributed by atoms with Crippen molar-refractivity contribution in [1.82, 2.24) is 9.36 Å². The zero-order valence-electron chi connectivity index (χ0n) is 11.4. The molecule has 6 heteroatoms. The smallest absolute Gasteiger partial charge is 0.310 e. The van der Waals surface area contributed by atoms with Crippen molar-refractivity contribution < 1.29 is 9.53 Å². The third-order valence-electron chi connectivity index (χ3n) is 3.03. The van der Waals surface area contributed by atoms with Crippen LogP contribution in [-0.4, -0.2) is 21.9 Å². The molecule has 0 radical (unpaired) electrons. The Morgan fingerprint density at radius 1 is 1.42 bits per heavy atom. The minimum Gasteiger partial charge on any atom is -0.466 e. The van der Waals surface area contributed by atoms with Crippen molar-refractivity contribution >= 4 is 27.5 Å². The van der Waals surface area contributed by atoms with E-state index in [4.69, 9.17) is 4.74 Å². The fourth-order valence-corrected chi connectivity index (χ4v) is 3.30. The summed E-state index contributed by atoms with van der Waals surface area (Å²) in [4.78, 5) is 24.7. The molecule has 2 rings (SSSR count). The van der Waals surface area contributed by atoms with E-state index in [1.807, 2.05) is 10.1 Å². The van der Waals surface area contributed by atoms with Gasteiger partial charge in [0, 0.05) is 13.6 Å². The Morgan fingerprint density at radius 3 is 2.79 bits per heavy atom. The lowest BCUT2D eigenvalue weighted by molar-refractivity contribution is -0.142. The number of hydrogen-bond donors (Lipinski definition) is 0. The van der Waals surface area contributed by atoms with Gasteiger partial charge in [0.1, 0.15) is 4.83 Å². The molecule has 0 saturated carbocycles. The van der Waals surface area contributed by atoms with E-state index in [1.54, 1.807) is 18.7 Å². The topological polar surface area (TPSA) is 53.2 Å². The Kier molecular flexibility index (Phi) is 4.09. The summed E-state index contributed by atoms with van der Waals surface area (Å²) < 4.78 is 8.53. The average molecular weight is 282 g/mol. The summed E-state index contributed by atoms with van der Waals surface area (Å²) in [7, 11) is 1.76. The van der Waals surface area contributed by atoms with E-state index >= 15 is 0 Å². The zero-order valence-corrected chi connectivity index (χ0v) is 12.2. The first-order valence-corrected chi connectivity index (χ1v) is 7.29. The normalized spacial score (nSPS) is 11.1. The second kappa shape index (κ2) is 5.61. The summed E-state index contributed by atoms with van der Waals surface area (Å²) in [5.41, 5.74) is 0.734. The van der Waals surface area contributed by atoms with Gasteiger partial charge in [-0.3, -0.25) is 19.0 Å². The highest BCUT2D eigenvalue weighted by molar-refractivity contribution is 7.17. The standard InChI is InChI=1S/C13H18N2O3S/c1-4-6-15-13-11(12(17)14(15)3)9(8-19-13)7-10(16)18-5-2/h8H,4-7H2,1-3H3. The van der Waals surface area contributed by atoms with Gasteiger partial charge in [-0.05, 0) is 24.3 Å². The highest BCUT2D eigenvalue weighted by Gasteiger charge is 2.18. The number of ether oxygens (including phenoxy) is 1. The van der Waals surface area contributed by atoms with Crippen LogP contribution in [0.25, 0.3) is 10.2 Å². The number of thiophene rings is 1. The van der Waals surface area contributed by atoms with Crippen LogP contribution in [0.15, 0.2) is 10.2 Å². The molecule has 0 aliphatic rings. The molecule has 0 bridgehead atoms. The number of esters is 1. The van der Waals surface area contributed by atoms with Crippen LogP contribution in [0.3, 0.4) is 0 Å². The minimum atomic E-state index is -0.285. The molecule has 19 heavy (non-hydrogen) atoms. The monoisotopic (exact) mass is 282 g/mol. The Balaban J connectivity index is 2.45. The molecule has 0 aliphatic heterocycles. The van der Waals surface area contributed by atoms with Crippen molar-refractivity contribution in [2.24, 2.45) is 7.05 Å². The predicted molar refractivity (Wildman–Crippen MR) is 75.7 cm³/mol. The van der Waals surface area contributed by atoms with Gasteiger partial charge in [-0.25, -0.2) is 0 Å². The Morgan fingerprint density at radius 2 is 2.16 bits per heavy atom. The fraction of sp³-hybridized carbons (Fsp3) is 0.538. The van der Waals surface area contributed by atoms with Gasteiger partial charge in [0.05, 0.1) is 18.4 Å². The molecule has 0 spiro atoms. The van der Waals surface area contributed by atoms with Crippen molar-refractivity contribution in [3.63, 3.8) is 0 Å². The summed E-state index contributed by atoms with van der Waals surface area (Å²) in [5.74, 6) is -0.285. The molecule has 2 heterocycles. The van der Waals surface area contributed by atoms with E-state index in [1.165, 1.54) is 11.3 Å². The maximum Gasteiger partial charge on any atom is 0.310 e. The van der Waals surface area contributed by atoms with E-state index in [9.17, 15) is 9.59 Å². The molecular weight excluding hydrogens is 264 g/mol. The largest absolute Gasteiger partial charge is 0.466 e. The maximum atomic E-state index is 12.2. The van der Waals surface area contributed by atoms with E-state index in [-0.39, 0.29) is 17.9 Å². The summed E-state index contributed by atoms with van der Waals surface area (Å²) in [6, 6.07) is 0. The molecule has 104 valence electrons. The number of hydrogen-bond acceptors (Lipinski definition) is 4. The lowest BCUT2D eigenvalue weighted by Crippen LogP contribution is -2.19. The Labute approximate surface area is 115 Å². The second-order valence-electron chi connectivity index (χ2n) is 4.37. The van der Waals surface area contributed by atoms with Gasteiger partial charge in [0.2, 0.25) is 0 Å². The molecule has 5 nitrogen and oxygen atoms in total. The van der Waals surface area contributed by atoms with Crippen molar-refractivity contribution in [3.8, 4) is 0 Å². The first kappa shape index (κ1) is 13.9. The number of rotatable bonds is 5. The molecule has 0 unspecified atom stereocenters. The summed E-state index contributed by atoms with van der Waals surface area (Å²) in [5, 5.41) is 2.55. The van der Waals surface area contributed by atoms with Crippen molar-refractivity contribution in [2.75, 3.05) is 6.61 Å². The third-order valence-corrected chi connectivity index (χ3v) is 4.07. The van der Waals surface area contributed by atoms with E-state index < -0.39 is 0 Å². The Bertz CT molecular complexity index is 651. The lowest BCUT2D eigenvalue weighted by atomic mass is 10.2. The first-order chi connectivity index (χ1) is 9.10. The highest BCUT2D eigenvalue weighted by atomic mass is 32.1. The summed E-state index contributed by atoms with van der Waals surface area (Å²) in [6.07, 6.45) is 1.13. The van der Waals surface area contributed by atoms with Crippen LogP contribution < -0.4 is 5.56 Å². The number of carbonyl (C=O) groups excluding carboxylic acids is 1. The summed E-state index contributed by atoms with van der Waals surface area (Å²) in [6.45, 7) is 5.01. The van der Waals surface area contributed by atoms with Gasteiger partial charge in [-0.2, -0.15) is 0 Å². The number of aromatic nitrogens is 2. The third kappa shape index (κ3) is 2.45. The van der Waals surface area contributed by atoms with Gasteiger partial charge in [-0.1, -0.05) is 6.92 Å². The van der Waals surface area contributed by atoms with Gasteiger partial charge in [0.25, 0.3) is 5.56 Å². The minimum absolute atomic E-state index is 0.0380. The van der Waals surface area contributed by atoms with E-state index in [0.717, 1.165) is 23.4 Å². The lowest BCUT2D eigenvalue weighted by Gasteiger charge is -2.04. The molecule has 0 N–H and O–H groups in total. The molecule has 0 saturated heterocycles. The van der Waals surface area contributed by atoms with Crippen LogP contribution in [-0.2, 0) is 29.5 Å². The van der Waals surface area contributed by atoms with Gasteiger partial charge in [-0.15, -0.1) is 11.3 Å². The molecule has 0 atom stereocenters. The van der Waals surface area contributed by atoms with Gasteiger partial charge in [0.15, 0.2) is 0 Å². The highest BCUT2D eigenvalue weighted by Crippen LogP contribution is 2.24. The molecule has 2 aromatic rings. The number of nitrogens with zero attached hydrogens (tertiary/aromatic N) is 2. The SMILES string of the molecule is CCCn1c2scc(CC(=O)OCC)c2c(=O)n1C. The van der Waals surface area contributed by atoms with Crippen LogP contribution in [0.2, 0.25) is 0 Å². The quantitative estimate of drug-likeness (QED) is 0.787. The molecule has 2 aromatic heterocycles. The van der Waals surface area contributed by atoms with Crippen molar-refractivity contribution in [2.45, 2.75) is 33.2 Å². The van der Waals surface area contributed by atoms with Crippen LogP contribution in [0.5, 0.6) is 0 Å². The average Bonchev–Trinajstić information content (AvgIpc) is 2.86. The summed E-state index contributed by atoms with van der Waals surface area (Å²) >= 11 is 1.51. The zero-order chi connectivity index (χ0) is 14.0. The first-order valence-electron chi connectivity index (χ1n) is 6.41. The van der Waals surface area contributed by atoms with Gasteiger partial charge < -0.3 is 4.74 Å². The van der Waals surface area contributed by atoms with Crippen LogP contribution >= 0.6 is 11.3 Å². The predicted octanol–water partition coefficient (Wildman–Crippen LogP) is 1.92. The molecule has 0 aromatic carbocycles. The van der Waals surface area contributed by atoms with Crippen molar-refractivity contribution in [3.05, 3.63) is 21.3 Å². The van der Waals surface area contributed by atoms with Crippen LogP contribution in [0.4, 0.5) is 0 Å². The van der Waals surface area contributed by atoms with Crippen molar-refractivity contribution in [1.29, 1.82) is 0 Å². The number of fused-ring (bicyclic) bond motifs is 1. The molecule has 0 aliphatic carbocycles. The fourth-order valence-electron chi connectivity index (χ4n) is 2.17. The van der Waals surface area contributed by atoms with E-state index in [2.05, 4.69) is 6.92 Å². The molecule has 0 amide bonds. The second-order valence-corrected chi connectivity index (χ2v) is 5.23. The van der Waals surface area contributed by atoms with Crippen LogP contribution in [0, 0.1) is 0 Å².